The molecule has 1 rings (SSSR count). The minimum atomic E-state index is 0.125. The fraction of sp³-hybridized carbons (Fsp3) is 0.556. The minimum Gasteiger partial charge on any atom is -0.467 e. The van der Waals surface area contributed by atoms with E-state index in [0.29, 0.717) is 23.4 Å². The van der Waals surface area contributed by atoms with Gasteiger partial charge in [0.1, 0.15) is 5.02 Å². The van der Waals surface area contributed by atoms with Crippen LogP contribution in [0.1, 0.15) is 13.3 Å². The van der Waals surface area contributed by atoms with E-state index >= 15 is 0 Å². The monoisotopic (exact) mass is 249 g/mol. The van der Waals surface area contributed by atoms with Gasteiger partial charge in [0.05, 0.1) is 13.3 Å². The Hall–Kier alpha value is -0.740. The molecule has 84 valence electrons. The van der Waals surface area contributed by atoms with Crippen molar-refractivity contribution >= 4 is 29.0 Å². The molecule has 1 aromatic heterocycles. The van der Waals surface area contributed by atoms with Crippen LogP contribution in [-0.2, 0) is 0 Å². The molecule has 0 spiro atoms. The van der Waals surface area contributed by atoms with Gasteiger partial charge in [-0.2, -0.15) is 4.98 Å². The number of ether oxygens (including phenoxy) is 1. The Morgan fingerprint density at radius 3 is 2.93 bits per heavy atom. The maximum Gasteiger partial charge on any atom is 0.318 e. The number of aromatic nitrogens is 2. The van der Waals surface area contributed by atoms with Gasteiger partial charge in [-0.25, -0.2) is 4.98 Å². The number of nitrogens with one attached hydrogen (secondary N) is 1. The van der Waals surface area contributed by atoms with Gasteiger partial charge >= 0.3 is 6.01 Å². The van der Waals surface area contributed by atoms with Crippen LogP contribution < -0.4 is 10.1 Å². The Labute approximate surface area is 99.0 Å². The van der Waals surface area contributed by atoms with Crippen LogP contribution >= 0.6 is 23.2 Å². The first-order valence-electron chi connectivity index (χ1n) is 4.58. The van der Waals surface area contributed by atoms with E-state index < -0.39 is 0 Å². The molecular weight excluding hydrogens is 237 g/mol. The van der Waals surface area contributed by atoms with Gasteiger partial charge in [0.25, 0.3) is 0 Å². The van der Waals surface area contributed by atoms with Gasteiger partial charge in [0.15, 0.2) is 5.82 Å². The van der Waals surface area contributed by atoms with E-state index in [-0.39, 0.29) is 5.38 Å². The highest BCUT2D eigenvalue weighted by Gasteiger charge is 2.05. The second-order valence-corrected chi connectivity index (χ2v) is 4.20. The van der Waals surface area contributed by atoms with Gasteiger partial charge in [-0.3, -0.25) is 0 Å². The molecule has 0 amide bonds. The number of hydrogen-bond acceptors (Lipinski definition) is 4. The van der Waals surface area contributed by atoms with E-state index in [1.165, 1.54) is 13.3 Å². The van der Waals surface area contributed by atoms with Crippen LogP contribution in [0.4, 0.5) is 5.82 Å². The Morgan fingerprint density at radius 1 is 1.60 bits per heavy atom. The molecule has 1 heterocycles. The van der Waals surface area contributed by atoms with E-state index in [9.17, 15) is 0 Å². The molecule has 1 N–H and O–H groups in total. The number of alkyl halides is 1. The summed E-state index contributed by atoms with van der Waals surface area (Å²) in [5, 5.41) is 3.67. The van der Waals surface area contributed by atoms with Crippen molar-refractivity contribution in [2.24, 2.45) is 0 Å². The highest BCUT2D eigenvalue weighted by atomic mass is 35.5. The second kappa shape index (κ2) is 5.98. The van der Waals surface area contributed by atoms with Crippen molar-refractivity contribution in [1.29, 1.82) is 0 Å². The van der Waals surface area contributed by atoms with Crippen LogP contribution in [0.25, 0.3) is 0 Å². The van der Waals surface area contributed by atoms with E-state index in [2.05, 4.69) is 15.3 Å². The summed E-state index contributed by atoms with van der Waals surface area (Å²) in [4.78, 5) is 7.94. The third-order valence-electron chi connectivity index (χ3n) is 1.74. The molecule has 15 heavy (non-hydrogen) atoms. The number of nitrogens with zero attached hydrogens (tertiary/aromatic N) is 2. The molecule has 0 bridgehead atoms. The van der Waals surface area contributed by atoms with Crippen molar-refractivity contribution in [3.63, 3.8) is 0 Å². The van der Waals surface area contributed by atoms with Crippen molar-refractivity contribution in [2.45, 2.75) is 18.7 Å². The van der Waals surface area contributed by atoms with Crippen LogP contribution in [0.15, 0.2) is 6.20 Å². The number of hydrogen-bond donors (Lipinski definition) is 1. The van der Waals surface area contributed by atoms with Gasteiger partial charge in [0, 0.05) is 11.9 Å². The zero-order valence-corrected chi connectivity index (χ0v) is 10.1. The predicted octanol–water partition coefficient (Wildman–Crippen LogP) is 2.57. The van der Waals surface area contributed by atoms with Gasteiger partial charge in [-0.15, -0.1) is 11.6 Å². The lowest BCUT2D eigenvalue weighted by Gasteiger charge is -2.08. The molecule has 1 atom stereocenters. The molecule has 0 aliphatic carbocycles. The quantitative estimate of drug-likeness (QED) is 0.816. The summed E-state index contributed by atoms with van der Waals surface area (Å²) in [6, 6.07) is 0.292. The zero-order chi connectivity index (χ0) is 11.3. The molecule has 0 aliphatic rings. The van der Waals surface area contributed by atoms with Crippen molar-refractivity contribution in [1.82, 2.24) is 9.97 Å². The molecule has 1 aromatic rings. The average Bonchev–Trinajstić information content (AvgIpc) is 2.20. The fourth-order valence-electron chi connectivity index (χ4n) is 0.963. The van der Waals surface area contributed by atoms with Crippen LogP contribution in [0.3, 0.4) is 0 Å². The zero-order valence-electron chi connectivity index (χ0n) is 8.63. The van der Waals surface area contributed by atoms with Gasteiger partial charge in [-0.05, 0) is 13.3 Å². The van der Waals surface area contributed by atoms with Crippen molar-refractivity contribution in [3.8, 4) is 6.01 Å². The first-order valence-corrected chi connectivity index (χ1v) is 5.39. The Morgan fingerprint density at radius 2 is 2.33 bits per heavy atom. The summed E-state index contributed by atoms with van der Waals surface area (Å²) in [6.45, 7) is 2.65. The number of rotatable bonds is 5. The Balaban J connectivity index is 2.59. The lowest BCUT2D eigenvalue weighted by molar-refractivity contribution is 0.380. The van der Waals surface area contributed by atoms with E-state index in [1.807, 2.05) is 6.92 Å². The van der Waals surface area contributed by atoms with Gasteiger partial charge in [-0.1, -0.05) is 11.6 Å². The number of halogens is 2. The van der Waals surface area contributed by atoms with Gasteiger partial charge < -0.3 is 10.1 Å². The lowest BCUT2D eigenvalue weighted by Crippen LogP contribution is -2.08. The molecule has 0 saturated heterocycles. The van der Waals surface area contributed by atoms with Gasteiger partial charge in [0.2, 0.25) is 0 Å². The maximum atomic E-state index is 5.89. The third kappa shape index (κ3) is 4.10. The summed E-state index contributed by atoms with van der Waals surface area (Å²) in [7, 11) is 1.51. The average molecular weight is 250 g/mol. The molecule has 0 fully saturated rings. The smallest absolute Gasteiger partial charge is 0.318 e. The summed E-state index contributed by atoms with van der Waals surface area (Å²) >= 11 is 11.7. The predicted molar refractivity (Wildman–Crippen MR) is 62.0 cm³/mol. The number of methoxy groups -OCH3 is 1. The van der Waals surface area contributed by atoms with Crippen LogP contribution in [-0.4, -0.2) is 29.0 Å². The molecule has 0 aromatic carbocycles. The summed E-state index contributed by atoms with van der Waals surface area (Å²) in [5.74, 6) is 0.570. The summed E-state index contributed by atoms with van der Waals surface area (Å²) in [6.07, 6.45) is 2.34. The molecule has 0 radical (unpaired) electrons. The fourth-order valence-corrected chi connectivity index (χ4v) is 1.23. The highest BCUT2D eigenvalue weighted by Crippen LogP contribution is 2.20. The molecule has 6 heteroatoms. The van der Waals surface area contributed by atoms with Crippen LogP contribution in [0.5, 0.6) is 6.01 Å². The number of anilines is 1. The van der Waals surface area contributed by atoms with E-state index in [4.69, 9.17) is 27.9 Å². The minimum absolute atomic E-state index is 0.125. The van der Waals surface area contributed by atoms with Crippen LogP contribution in [0, 0.1) is 0 Å². The summed E-state index contributed by atoms with van der Waals surface area (Å²) in [5.41, 5.74) is 0. The van der Waals surface area contributed by atoms with Crippen molar-refractivity contribution in [3.05, 3.63) is 11.2 Å². The van der Waals surface area contributed by atoms with E-state index in [0.717, 1.165) is 6.42 Å². The first kappa shape index (κ1) is 12.3. The standard InChI is InChI=1S/C9H13Cl2N3O/c1-6(10)3-4-12-8-7(11)5-13-9(14-8)15-2/h5-6H,3-4H2,1-2H3,(H,12,13,14). The third-order valence-corrected chi connectivity index (χ3v) is 2.23. The Kier molecular flexibility index (Phi) is 4.91. The maximum absolute atomic E-state index is 5.89. The van der Waals surface area contributed by atoms with E-state index in [1.54, 1.807) is 0 Å². The van der Waals surface area contributed by atoms with Crippen LogP contribution in [0.2, 0.25) is 5.02 Å². The molecule has 0 saturated carbocycles. The topological polar surface area (TPSA) is 47.0 Å². The summed E-state index contributed by atoms with van der Waals surface area (Å²) < 4.78 is 4.89. The molecule has 0 aliphatic heterocycles. The van der Waals surface area contributed by atoms with Crippen molar-refractivity contribution < 1.29 is 4.74 Å². The lowest BCUT2D eigenvalue weighted by atomic mass is 10.3. The highest BCUT2D eigenvalue weighted by molar-refractivity contribution is 6.32. The SMILES string of the molecule is COc1ncc(Cl)c(NCCC(C)Cl)n1. The Bertz CT molecular complexity index is 320. The molecule has 1 unspecified atom stereocenters. The second-order valence-electron chi connectivity index (χ2n) is 3.05. The normalized spacial score (nSPS) is 12.3. The molecular formula is C9H13Cl2N3O. The molecule has 4 nitrogen and oxygen atoms in total. The largest absolute Gasteiger partial charge is 0.467 e. The van der Waals surface area contributed by atoms with Crippen molar-refractivity contribution in [2.75, 3.05) is 19.0 Å². The first-order chi connectivity index (χ1) is 7.13.